The first-order chi connectivity index (χ1) is 32.9. The number of epoxide rings is 1. The highest BCUT2D eigenvalue weighted by Gasteiger charge is 2.48. The van der Waals surface area contributed by atoms with Crippen molar-refractivity contribution in [1.29, 1.82) is 0 Å². The van der Waals surface area contributed by atoms with Crippen LogP contribution < -0.4 is 36.6 Å². The average Bonchev–Trinajstić information content (AvgIpc) is 4.09. The Kier molecular flexibility index (Phi) is 20.8. The van der Waals surface area contributed by atoms with Gasteiger partial charge in [-0.25, -0.2) is 4.79 Å². The number of hydrogen-bond donors (Lipinski definition) is 7. The molecule has 6 amide bonds. The van der Waals surface area contributed by atoms with E-state index < -0.39 is 89.1 Å². The van der Waals surface area contributed by atoms with Gasteiger partial charge in [-0.3, -0.25) is 33.6 Å². The summed E-state index contributed by atoms with van der Waals surface area (Å²) in [5, 5.41) is 25.9. The molecule has 70 heavy (non-hydrogen) atoms. The molecule has 1 unspecified atom stereocenters. The molecule has 1 fully saturated rings. The Morgan fingerprint density at radius 3 is 2.17 bits per heavy atom. The molecule has 0 saturated carbocycles. The van der Waals surface area contributed by atoms with Crippen molar-refractivity contribution >= 4 is 59.0 Å². The number of benzene rings is 2. The molecular weight excluding hydrogens is 924 g/mol. The summed E-state index contributed by atoms with van der Waals surface area (Å²) in [5.74, 6) is -4.86. The lowest BCUT2D eigenvalue weighted by molar-refractivity contribution is -0.157. The lowest BCUT2D eigenvalue weighted by Gasteiger charge is -2.34. The number of nitrogens with one attached hydrogen (secondary N) is 6. The zero-order valence-electron chi connectivity index (χ0n) is 41.8. The lowest BCUT2D eigenvalue weighted by Crippen LogP contribution is -2.58. The normalized spacial score (nSPS) is 23.2. The summed E-state index contributed by atoms with van der Waals surface area (Å²) in [4.78, 5) is 105. The topological polar surface area (TPSA) is 260 Å². The van der Waals surface area contributed by atoms with Gasteiger partial charge in [0, 0.05) is 44.2 Å². The average molecular weight is 996 g/mol. The first kappa shape index (κ1) is 56.6. The molecule has 1 saturated heterocycles. The van der Waals surface area contributed by atoms with Crippen LogP contribution in [0.1, 0.15) is 117 Å². The molecule has 18 nitrogen and oxygen atoms in total. The Morgan fingerprint density at radius 2 is 1.56 bits per heavy atom. The number of carboxylic acids is 1. The predicted molar refractivity (Wildman–Crippen MR) is 261 cm³/mol. The van der Waals surface area contributed by atoms with Gasteiger partial charge in [0.2, 0.25) is 35.4 Å². The Morgan fingerprint density at radius 1 is 0.886 bits per heavy atom. The van der Waals surface area contributed by atoms with Crippen molar-refractivity contribution in [3.63, 3.8) is 0 Å². The predicted octanol–water partition coefficient (Wildman–Crippen LogP) is 4.60. The number of carboxylic acid groups (broad SMARTS) is 1. The number of carbonyl (C=O) groups excluding carboxylic acids is 7. The van der Waals surface area contributed by atoms with E-state index in [2.05, 4.69) is 31.9 Å². The number of methoxy groups -OCH3 is 1. The summed E-state index contributed by atoms with van der Waals surface area (Å²) in [7, 11) is 1.49. The van der Waals surface area contributed by atoms with Crippen LogP contribution in [0.4, 0.5) is 0 Å². The van der Waals surface area contributed by atoms with Crippen LogP contribution in [0.2, 0.25) is 5.02 Å². The van der Waals surface area contributed by atoms with Crippen LogP contribution in [0.3, 0.4) is 0 Å². The summed E-state index contributed by atoms with van der Waals surface area (Å²) >= 11 is 6.39. The highest BCUT2D eigenvalue weighted by Crippen LogP contribution is 2.45. The minimum Gasteiger partial charge on any atom is -0.495 e. The van der Waals surface area contributed by atoms with Gasteiger partial charge in [-0.05, 0) is 87.3 Å². The molecule has 2 aliphatic heterocycles. The van der Waals surface area contributed by atoms with E-state index in [1.54, 1.807) is 58.9 Å². The summed E-state index contributed by atoms with van der Waals surface area (Å²) in [6.45, 7) is 15.9. The van der Waals surface area contributed by atoms with Gasteiger partial charge in [-0.15, -0.1) is 0 Å². The summed E-state index contributed by atoms with van der Waals surface area (Å²) in [5.41, 5.74) is 1.07. The monoisotopic (exact) mass is 994 g/mol. The molecule has 2 aliphatic rings. The molecule has 2 heterocycles. The van der Waals surface area contributed by atoms with Gasteiger partial charge in [-0.1, -0.05) is 82.6 Å². The summed E-state index contributed by atoms with van der Waals surface area (Å²) in [6, 6.07) is 7.86. The quantitative estimate of drug-likeness (QED) is 0.0753. The van der Waals surface area contributed by atoms with Gasteiger partial charge in [0.15, 0.2) is 0 Å². The Balaban J connectivity index is 1.45. The van der Waals surface area contributed by atoms with Crippen molar-refractivity contribution in [1.82, 2.24) is 31.9 Å². The second kappa shape index (κ2) is 25.7. The number of hydrogen-bond acceptors (Lipinski definition) is 11. The largest absolute Gasteiger partial charge is 0.495 e. The number of cyclic esters (lactones) is 1. The minimum absolute atomic E-state index is 0.000265. The zero-order valence-corrected chi connectivity index (χ0v) is 42.6. The Hall–Kier alpha value is -6.01. The van der Waals surface area contributed by atoms with Gasteiger partial charge in [-0.2, -0.15) is 0 Å². The van der Waals surface area contributed by atoms with E-state index in [4.69, 9.17) is 30.9 Å². The maximum atomic E-state index is 14.0. The van der Waals surface area contributed by atoms with E-state index in [0.717, 1.165) is 11.1 Å². The minimum atomic E-state index is -1.20. The van der Waals surface area contributed by atoms with Crippen LogP contribution in [0.25, 0.3) is 0 Å². The van der Waals surface area contributed by atoms with Gasteiger partial charge in [0.05, 0.1) is 23.7 Å². The lowest BCUT2D eigenvalue weighted by atomic mass is 9.83. The van der Waals surface area contributed by atoms with Crippen molar-refractivity contribution in [2.24, 2.45) is 23.2 Å². The van der Waals surface area contributed by atoms with Crippen LogP contribution in [-0.4, -0.2) is 102 Å². The molecular formula is C51H71ClN6O12. The molecule has 0 bridgehead atoms. The molecule has 0 spiro atoms. The highest BCUT2D eigenvalue weighted by molar-refractivity contribution is 6.32. The second-order valence-electron chi connectivity index (χ2n) is 19.6. The maximum Gasteiger partial charge on any atom is 0.328 e. The molecule has 4 rings (SSSR count). The number of aliphatic carboxylic acids is 1. The van der Waals surface area contributed by atoms with Crippen LogP contribution >= 0.6 is 11.6 Å². The van der Waals surface area contributed by atoms with Gasteiger partial charge < -0.3 is 51.2 Å². The molecule has 0 aliphatic carbocycles. The van der Waals surface area contributed by atoms with Crippen molar-refractivity contribution in [3.05, 3.63) is 76.3 Å². The van der Waals surface area contributed by atoms with Crippen molar-refractivity contribution in [2.75, 3.05) is 7.11 Å². The van der Waals surface area contributed by atoms with Crippen molar-refractivity contribution in [3.8, 4) is 5.75 Å². The zero-order chi connectivity index (χ0) is 52.0. The molecule has 2 aromatic carbocycles. The standard InChI is InChI=1S/C51H71ClN6O12/c1-27(2)23-37-49(66)69-38(13-11-14-40(59)56-36(25-33-19-22-39(68-10)35(52)24-33)47(64)55-31(7)51(8,9)50(67)57-37)29(5)44-45(70-44)34-20-17-32(18-21-34)26-53-46(63)30(6)54-48(65)43(28(3)4)58-41(60)15-12-16-42(61)62/h11,14,17-22,24,27-31,36-38,43-45H,12-13,15-16,23,25-26H2,1-10H3,(H,53,63)(H,54,65)(H,55,64)(H,56,59)(H,57,67)(H,58,60)(H,61,62)/t29-,30-,31?,36+,37-,38-,43-,44+,45+/m0/s1. The smallest absolute Gasteiger partial charge is 0.328 e. The third-order valence-electron chi connectivity index (χ3n) is 12.7. The third-order valence-corrected chi connectivity index (χ3v) is 13.0. The molecule has 384 valence electrons. The molecule has 0 aromatic heterocycles. The van der Waals surface area contributed by atoms with Crippen LogP contribution in [-0.2, 0) is 60.8 Å². The van der Waals surface area contributed by atoms with E-state index in [0.29, 0.717) is 16.3 Å². The second-order valence-corrected chi connectivity index (χ2v) is 20.0. The number of halogens is 1. The van der Waals surface area contributed by atoms with Gasteiger partial charge >= 0.3 is 11.9 Å². The SMILES string of the molecule is COc1ccc(C[C@H]2NC(=O)C=CC[C@@H]([C@H](C)[C@H]3O[C@@H]3c3ccc(CNC(=O)[C@H](C)NC(=O)[C@@H](NC(=O)CCCC(=O)O)C(C)C)cc3)OC(=O)[C@H](CC(C)C)NC(=O)C(C)(C)C(C)NC2=O)cc1Cl. The number of carbonyl (C=O) groups is 8. The van der Waals surface area contributed by atoms with E-state index in [1.807, 2.05) is 45.0 Å². The van der Waals surface area contributed by atoms with Crippen LogP contribution in [0.5, 0.6) is 5.75 Å². The van der Waals surface area contributed by atoms with Crippen LogP contribution in [0.15, 0.2) is 54.6 Å². The fourth-order valence-corrected chi connectivity index (χ4v) is 8.13. The summed E-state index contributed by atoms with van der Waals surface area (Å²) < 4.78 is 17.7. The van der Waals surface area contributed by atoms with Crippen molar-refractivity contribution < 1.29 is 57.7 Å². The Bertz CT molecular complexity index is 2230. The van der Waals surface area contributed by atoms with E-state index in [9.17, 15) is 38.4 Å². The number of esters is 1. The molecule has 9 atom stereocenters. The maximum absolute atomic E-state index is 14.0. The Labute approximate surface area is 415 Å². The number of amides is 6. The molecule has 7 N–H and O–H groups in total. The van der Waals surface area contributed by atoms with E-state index in [-0.39, 0.29) is 75.0 Å². The van der Waals surface area contributed by atoms with Crippen molar-refractivity contribution in [2.45, 2.75) is 156 Å². The number of ether oxygens (including phenoxy) is 3. The first-order valence-corrected chi connectivity index (χ1v) is 24.2. The highest BCUT2D eigenvalue weighted by atomic mass is 35.5. The molecule has 19 heteroatoms. The summed E-state index contributed by atoms with van der Waals surface area (Å²) in [6.07, 6.45) is 1.76. The molecule has 2 aromatic rings. The van der Waals surface area contributed by atoms with Crippen LogP contribution in [0, 0.1) is 23.2 Å². The third kappa shape index (κ3) is 16.6. The fourth-order valence-electron chi connectivity index (χ4n) is 7.85. The molecule has 0 radical (unpaired) electrons. The number of rotatable bonds is 19. The van der Waals surface area contributed by atoms with Gasteiger partial charge in [0.1, 0.15) is 42.1 Å². The fraction of sp³-hybridized carbons (Fsp3) is 0.569. The first-order valence-electron chi connectivity index (χ1n) is 23.9. The van der Waals surface area contributed by atoms with Gasteiger partial charge in [0.25, 0.3) is 0 Å². The van der Waals surface area contributed by atoms with E-state index >= 15 is 0 Å². The van der Waals surface area contributed by atoms with E-state index in [1.165, 1.54) is 20.1 Å².